The fraction of sp³-hybridized carbons (Fsp3) is 0.154. The average Bonchev–Trinajstić information content (AvgIpc) is 2.36. The first-order chi connectivity index (χ1) is 8.24. The molecule has 0 spiro atoms. The van der Waals surface area contributed by atoms with Gasteiger partial charge in [0.1, 0.15) is 0 Å². The minimum absolute atomic E-state index is 0.107. The second-order valence-corrected chi connectivity index (χ2v) is 4.38. The van der Waals surface area contributed by atoms with E-state index in [0.717, 1.165) is 5.69 Å². The molecule has 1 heterocycles. The lowest BCUT2D eigenvalue weighted by molar-refractivity contribution is 0.941. The van der Waals surface area contributed by atoms with Gasteiger partial charge in [0, 0.05) is 23.3 Å². The Hall–Kier alpha value is -1.25. The number of hydrogen-bond acceptors (Lipinski definition) is 1. The van der Waals surface area contributed by atoms with E-state index in [4.69, 9.17) is 23.2 Å². The van der Waals surface area contributed by atoms with Crippen LogP contribution in [0.15, 0.2) is 47.4 Å². The third-order valence-corrected chi connectivity index (χ3v) is 3.06. The molecule has 0 bridgehead atoms. The van der Waals surface area contributed by atoms with Crippen LogP contribution in [0.1, 0.15) is 5.56 Å². The van der Waals surface area contributed by atoms with E-state index in [-0.39, 0.29) is 5.56 Å². The maximum absolute atomic E-state index is 12.2. The van der Waals surface area contributed by atoms with E-state index in [1.165, 1.54) is 0 Å². The molecule has 2 nitrogen and oxygen atoms in total. The summed E-state index contributed by atoms with van der Waals surface area (Å²) in [5, 5.41) is 0.475. The van der Waals surface area contributed by atoms with Crippen LogP contribution < -0.4 is 5.56 Å². The summed E-state index contributed by atoms with van der Waals surface area (Å²) in [4.78, 5) is 12.2. The van der Waals surface area contributed by atoms with Gasteiger partial charge in [0.15, 0.2) is 0 Å². The van der Waals surface area contributed by atoms with Crippen LogP contribution in [0.3, 0.4) is 0 Å². The number of para-hydroxylation sites is 1. The Morgan fingerprint density at radius 3 is 2.47 bits per heavy atom. The van der Waals surface area contributed by atoms with Crippen molar-refractivity contribution >= 4 is 23.2 Å². The molecule has 0 aliphatic rings. The minimum atomic E-state index is -0.107. The summed E-state index contributed by atoms with van der Waals surface area (Å²) < 4.78 is 1.58. The molecular weight excluding hydrogens is 257 g/mol. The zero-order chi connectivity index (χ0) is 12.3. The second kappa shape index (κ2) is 5.39. The molecule has 0 aliphatic carbocycles. The molecule has 0 amide bonds. The summed E-state index contributed by atoms with van der Waals surface area (Å²) in [6.07, 6.45) is 2.16. The number of rotatable bonds is 3. The van der Waals surface area contributed by atoms with E-state index >= 15 is 0 Å². The fourth-order valence-electron chi connectivity index (χ4n) is 1.67. The average molecular weight is 268 g/mol. The highest BCUT2D eigenvalue weighted by molar-refractivity contribution is 6.31. The van der Waals surface area contributed by atoms with E-state index in [9.17, 15) is 4.79 Å². The molecule has 88 valence electrons. The van der Waals surface area contributed by atoms with Gasteiger partial charge in [0.2, 0.25) is 0 Å². The predicted molar refractivity (Wildman–Crippen MR) is 71.5 cm³/mol. The highest BCUT2D eigenvalue weighted by Gasteiger charge is 2.08. The molecule has 0 saturated heterocycles. The van der Waals surface area contributed by atoms with Crippen molar-refractivity contribution in [3.63, 3.8) is 0 Å². The van der Waals surface area contributed by atoms with Crippen LogP contribution in [0.5, 0.6) is 0 Å². The molecule has 1 aromatic heterocycles. The number of nitrogens with zero attached hydrogens (tertiary/aromatic N) is 1. The minimum Gasteiger partial charge on any atom is -0.284 e. The summed E-state index contributed by atoms with van der Waals surface area (Å²) >= 11 is 11.7. The van der Waals surface area contributed by atoms with Crippen molar-refractivity contribution in [2.24, 2.45) is 0 Å². The molecule has 17 heavy (non-hydrogen) atoms. The molecule has 0 saturated carbocycles. The molecule has 0 aliphatic heterocycles. The number of hydrogen-bond donors (Lipinski definition) is 0. The van der Waals surface area contributed by atoms with Crippen LogP contribution in [-0.2, 0) is 6.42 Å². The SMILES string of the molecule is O=c1c(CCCl)c(Cl)ccn1-c1ccccc1. The Labute approximate surface area is 109 Å². The highest BCUT2D eigenvalue weighted by Crippen LogP contribution is 2.14. The Kier molecular flexibility index (Phi) is 3.87. The Balaban J connectivity index is 2.58. The maximum atomic E-state index is 12.2. The first-order valence-corrected chi connectivity index (χ1v) is 6.16. The van der Waals surface area contributed by atoms with Gasteiger partial charge in [-0.3, -0.25) is 9.36 Å². The lowest BCUT2D eigenvalue weighted by atomic mass is 10.2. The van der Waals surface area contributed by atoms with Crippen LogP contribution in [-0.4, -0.2) is 10.4 Å². The van der Waals surface area contributed by atoms with Gasteiger partial charge in [-0.05, 0) is 24.6 Å². The molecular formula is C13H11Cl2NO. The van der Waals surface area contributed by atoms with Crippen molar-refractivity contribution in [3.05, 3.63) is 63.5 Å². The number of alkyl halides is 1. The number of benzene rings is 1. The molecule has 1 aromatic carbocycles. The zero-order valence-electron chi connectivity index (χ0n) is 9.07. The summed E-state index contributed by atoms with van der Waals surface area (Å²) in [5.41, 5.74) is 1.28. The van der Waals surface area contributed by atoms with Crippen LogP contribution >= 0.6 is 23.2 Å². The summed E-state index contributed by atoms with van der Waals surface area (Å²) in [5.74, 6) is 0.383. The van der Waals surface area contributed by atoms with E-state index in [0.29, 0.717) is 22.9 Å². The van der Waals surface area contributed by atoms with Crippen molar-refractivity contribution in [1.82, 2.24) is 4.57 Å². The van der Waals surface area contributed by atoms with Gasteiger partial charge < -0.3 is 0 Å². The summed E-state index contributed by atoms with van der Waals surface area (Å²) in [6, 6.07) is 11.1. The molecule has 0 fully saturated rings. The van der Waals surface area contributed by atoms with Gasteiger partial charge in [-0.25, -0.2) is 0 Å². The third kappa shape index (κ3) is 2.54. The van der Waals surface area contributed by atoms with Crippen LogP contribution in [0.4, 0.5) is 0 Å². The van der Waals surface area contributed by atoms with Crippen LogP contribution in [0, 0.1) is 0 Å². The highest BCUT2D eigenvalue weighted by atomic mass is 35.5. The van der Waals surface area contributed by atoms with Gasteiger partial charge in [-0.15, -0.1) is 11.6 Å². The van der Waals surface area contributed by atoms with E-state index in [2.05, 4.69) is 0 Å². The van der Waals surface area contributed by atoms with E-state index in [1.807, 2.05) is 30.3 Å². The van der Waals surface area contributed by atoms with Crippen molar-refractivity contribution in [3.8, 4) is 5.69 Å². The monoisotopic (exact) mass is 267 g/mol. The lowest BCUT2D eigenvalue weighted by Gasteiger charge is -2.08. The van der Waals surface area contributed by atoms with Gasteiger partial charge in [-0.1, -0.05) is 29.8 Å². The standard InChI is InChI=1S/C13H11Cl2NO/c14-8-6-11-12(15)7-9-16(13(11)17)10-4-2-1-3-5-10/h1-5,7,9H,6,8H2. The second-order valence-electron chi connectivity index (χ2n) is 3.59. The van der Waals surface area contributed by atoms with Crippen LogP contribution in [0.25, 0.3) is 5.69 Å². The fourth-order valence-corrected chi connectivity index (χ4v) is 2.09. The van der Waals surface area contributed by atoms with Gasteiger partial charge in [0.25, 0.3) is 5.56 Å². The topological polar surface area (TPSA) is 22.0 Å². The van der Waals surface area contributed by atoms with E-state index in [1.54, 1.807) is 16.8 Å². The molecule has 0 atom stereocenters. The van der Waals surface area contributed by atoms with Crippen molar-refractivity contribution in [2.45, 2.75) is 6.42 Å². The normalized spacial score (nSPS) is 10.5. The molecule has 2 rings (SSSR count). The zero-order valence-corrected chi connectivity index (χ0v) is 10.6. The van der Waals surface area contributed by atoms with Gasteiger partial charge >= 0.3 is 0 Å². The summed E-state index contributed by atoms with van der Waals surface area (Å²) in [6.45, 7) is 0. The first-order valence-electron chi connectivity index (χ1n) is 5.25. The third-order valence-electron chi connectivity index (χ3n) is 2.51. The van der Waals surface area contributed by atoms with Crippen LogP contribution in [0.2, 0.25) is 5.02 Å². The van der Waals surface area contributed by atoms with Gasteiger partial charge in [0.05, 0.1) is 5.02 Å². The predicted octanol–water partition coefficient (Wildman–Crippen LogP) is 3.27. The Bertz CT molecular complexity index is 563. The Morgan fingerprint density at radius 1 is 1.12 bits per heavy atom. The van der Waals surface area contributed by atoms with Gasteiger partial charge in [-0.2, -0.15) is 0 Å². The molecule has 4 heteroatoms. The van der Waals surface area contributed by atoms with Crippen molar-refractivity contribution in [2.75, 3.05) is 5.88 Å². The molecule has 2 aromatic rings. The van der Waals surface area contributed by atoms with Crippen molar-refractivity contribution in [1.29, 1.82) is 0 Å². The maximum Gasteiger partial charge on any atom is 0.259 e. The smallest absolute Gasteiger partial charge is 0.259 e. The quantitative estimate of drug-likeness (QED) is 0.783. The molecule has 0 radical (unpaired) electrons. The number of halogens is 2. The van der Waals surface area contributed by atoms with E-state index < -0.39 is 0 Å². The van der Waals surface area contributed by atoms with Crippen molar-refractivity contribution < 1.29 is 0 Å². The lowest BCUT2D eigenvalue weighted by Crippen LogP contribution is -2.22. The molecule has 0 unspecified atom stereocenters. The number of pyridine rings is 1. The number of aromatic nitrogens is 1. The molecule has 0 N–H and O–H groups in total. The Morgan fingerprint density at radius 2 is 1.82 bits per heavy atom. The largest absolute Gasteiger partial charge is 0.284 e. The first kappa shape index (κ1) is 12.2. The summed E-state index contributed by atoms with van der Waals surface area (Å²) in [7, 11) is 0.